The Kier molecular flexibility index (Phi) is 7.35. The van der Waals surface area contributed by atoms with Gasteiger partial charge in [-0.05, 0) is 19.1 Å². The molecule has 0 atom stereocenters. The third kappa shape index (κ3) is 6.02. The summed E-state index contributed by atoms with van der Waals surface area (Å²) in [5.41, 5.74) is 5.72. The van der Waals surface area contributed by atoms with E-state index in [1.54, 1.807) is 12.1 Å². The Hall–Kier alpha value is -1.78. The summed E-state index contributed by atoms with van der Waals surface area (Å²) in [4.78, 5) is 22.8. The second-order valence-corrected chi connectivity index (χ2v) is 7.78. The molecule has 1 aromatic heterocycles. The number of nitrogens with zero attached hydrogens (tertiary/aromatic N) is 2. The number of carbonyl (C=O) groups is 2. The van der Waals surface area contributed by atoms with Crippen LogP contribution >= 0.6 is 34.9 Å². The molecule has 0 spiro atoms. The van der Waals surface area contributed by atoms with Gasteiger partial charge in [0.15, 0.2) is 8.68 Å². The third-order valence-electron chi connectivity index (χ3n) is 2.51. The number of primary amides is 1. The molecule has 0 aliphatic heterocycles. The van der Waals surface area contributed by atoms with Gasteiger partial charge in [-0.1, -0.05) is 47.0 Å². The Morgan fingerprint density at radius 2 is 1.88 bits per heavy atom. The number of rotatable bonds is 9. The van der Waals surface area contributed by atoms with Crippen molar-refractivity contribution in [2.45, 2.75) is 15.6 Å². The van der Waals surface area contributed by atoms with E-state index in [0.29, 0.717) is 26.7 Å². The minimum absolute atomic E-state index is 0.159. The number of anilines is 1. The molecule has 0 unspecified atom stereocenters. The van der Waals surface area contributed by atoms with Crippen LogP contribution in [0.2, 0.25) is 0 Å². The van der Waals surface area contributed by atoms with Crippen LogP contribution in [0.4, 0.5) is 5.69 Å². The lowest BCUT2D eigenvalue weighted by molar-refractivity contribution is -0.115. The van der Waals surface area contributed by atoms with Crippen LogP contribution in [-0.2, 0) is 9.59 Å². The molecule has 10 heteroatoms. The number of hydrogen-bond donors (Lipinski definition) is 2. The topological polar surface area (TPSA) is 107 Å². The normalized spacial score (nSPS) is 10.4. The smallest absolute Gasteiger partial charge is 0.234 e. The SMILES string of the molecule is CCOc1ccccc1NC(=O)CSc1nnc(SCC(N)=O)s1. The minimum atomic E-state index is -0.406. The van der Waals surface area contributed by atoms with Crippen LogP contribution in [0.25, 0.3) is 0 Å². The zero-order valence-corrected chi connectivity index (χ0v) is 15.3. The van der Waals surface area contributed by atoms with Crippen LogP contribution in [0.3, 0.4) is 0 Å². The number of thioether (sulfide) groups is 2. The molecule has 24 heavy (non-hydrogen) atoms. The number of ether oxygens (including phenoxy) is 1. The number of nitrogens with two attached hydrogens (primary N) is 1. The van der Waals surface area contributed by atoms with E-state index in [9.17, 15) is 9.59 Å². The van der Waals surface area contributed by atoms with E-state index < -0.39 is 5.91 Å². The number of hydrogen-bond acceptors (Lipinski definition) is 8. The lowest BCUT2D eigenvalue weighted by atomic mass is 10.3. The highest BCUT2D eigenvalue weighted by atomic mass is 32.2. The zero-order valence-electron chi connectivity index (χ0n) is 12.9. The highest BCUT2D eigenvalue weighted by Gasteiger charge is 2.11. The van der Waals surface area contributed by atoms with Crippen LogP contribution < -0.4 is 15.8 Å². The van der Waals surface area contributed by atoms with Gasteiger partial charge in [0.05, 0.1) is 23.8 Å². The van der Waals surface area contributed by atoms with E-state index >= 15 is 0 Å². The Morgan fingerprint density at radius 3 is 2.54 bits per heavy atom. The van der Waals surface area contributed by atoms with E-state index in [-0.39, 0.29) is 17.4 Å². The summed E-state index contributed by atoms with van der Waals surface area (Å²) in [6, 6.07) is 7.27. The van der Waals surface area contributed by atoms with Crippen molar-refractivity contribution in [3.8, 4) is 5.75 Å². The zero-order chi connectivity index (χ0) is 17.4. The van der Waals surface area contributed by atoms with Gasteiger partial charge in [0.25, 0.3) is 0 Å². The van der Waals surface area contributed by atoms with Crippen molar-refractivity contribution >= 4 is 52.4 Å². The van der Waals surface area contributed by atoms with E-state index in [4.69, 9.17) is 10.5 Å². The maximum atomic E-state index is 12.1. The molecule has 2 rings (SSSR count). The number of aromatic nitrogens is 2. The molecule has 3 N–H and O–H groups in total. The first kappa shape index (κ1) is 18.6. The lowest BCUT2D eigenvalue weighted by Gasteiger charge is -2.10. The van der Waals surface area contributed by atoms with Gasteiger partial charge >= 0.3 is 0 Å². The molecule has 2 aromatic rings. The van der Waals surface area contributed by atoms with Crippen molar-refractivity contribution in [2.24, 2.45) is 5.73 Å². The van der Waals surface area contributed by atoms with E-state index in [0.717, 1.165) is 0 Å². The largest absolute Gasteiger partial charge is 0.492 e. The molecule has 0 radical (unpaired) electrons. The molecule has 2 amide bonds. The maximum Gasteiger partial charge on any atom is 0.234 e. The quantitative estimate of drug-likeness (QED) is 0.638. The molecule has 1 aromatic carbocycles. The summed E-state index contributed by atoms with van der Waals surface area (Å²) in [6.45, 7) is 2.41. The van der Waals surface area contributed by atoms with Crippen LogP contribution in [-0.4, -0.2) is 40.1 Å². The Balaban J connectivity index is 1.84. The van der Waals surface area contributed by atoms with Crippen molar-refractivity contribution in [1.29, 1.82) is 0 Å². The fourth-order valence-electron chi connectivity index (χ4n) is 1.61. The fourth-order valence-corrected chi connectivity index (χ4v) is 4.17. The molecule has 0 fully saturated rings. The van der Waals surface area contributed by atoms with Gasteiger partial charge in [-0.3, -0.25) is 9.59 Å². The number of nitrogens with one attached hydrogen (secondary N) is 1. The van der Waals surface area contributed by atoms with Crippen molar-refractivity contribution in [3.05, 3.63) is 24.3 Å². The van der Waals surface area contributed by atoms with Gasteiger partial charge in [-0.15, -0.1) is 10.2 Å². The second kappa shape index (κ2) is 9.50. The number of carbonyl (C=O) groups excluding carboxylic acids is 2. The van der Waals surface area contributed by atoms with Gasteiger partial charge in [0.1, 0.15) is 5.75 Å². The molecule has 0 bridgehead atoms. The molecule has 0 aliphatic carbocycles. The number of para-hydroxylation sites is 2. The monoisotopic (exact) mass is 384 g/mol. The van der Waals surface area contributed by atoms with Crippen molar-refractivity contribution < 1.29 is 14.3 Å². The standard InChI is InChI=1S/C14H16N4O3S3/c1-2-21-10-6-4-3-5-9(10)16-12(20)8-23-14-18-17-13(24-14)22-7-11(15)19/h3-6H,2,7-8H2,1H3,(H2,15,19)(H,16,20). The van der Waals surface area contributed by atoms with Gasteiger partial charge in [0, 0.05) is 0 Å². The minimum Gasteiger partial charge on any atom is -0.492 e. The molecule has 1 heterocycles. The average Bonchev–Trinajstić information content (AvgIpc) is 3.01. The first-order valence-electron chi connectivity index (χ1n) is 6.97. The van der Waals surface area contributed by atoms with E-state index in [1.165, 1.54) is 34.9 Å². The summed E-state index contributed by atoms with van der Waals surface area (Å²) in [7, 11) is 0. The number of amides is 2. The Bertz CT molecular complexity index is 708. The summed E-state index contributed by atoms with van der Waals surface area (Å²) >= 11 is 3.84. The van der Waals surface area contributed by atoms with E-state index in [2.05, 4.69) is 15.5 Å². The highest BCUT2D eigenvalue weighted by Crippen LogP contribution is 2.29. The van der Waals surface area contributed by atoms with Crippen LogP contribution in [0.1, 0.15) is 6.92 Å². The first-order valence-corrected chi connectivity index (χ1v) is 9.76. The van der Waals surface area contributed by atoms with Crippen LogP contribution in [0.5, 0.6) is 5.75 Å². The van der Waals surface area contributed by atoms with Crippen molar-refractivity contribution in [1.82, 2.24) is 10.2 Å². The number of benzene rings is 1. The third-order valence-corrected chi connectivity index (χ3v) is 5.73. The van der Waals surface area contributed by atoms with Gasteiger partial charge < -0.3 is 15.8 Å². The fraction of sp³-hybridized carbons (Fsp3) is 0.286. The predicted octanol–water partition coefficient (Wildman–Crippen LogP) is 2.25. The molecule has 0 saturated heterocycles. The average molecular weight is 385 g/mol. The van der Waals surface area contributed by atoms with Crippen LogP contribution in [0.15, 0.2) is 32.9 Å². The first-order chi connectivity index (χ1) is 11.6. The van der Waals surface area contributed by atoms with Gasteiger partial charge in [0.2, 0.25) is 11.8 Å². The summed E-state index contributed by atoms with van der Waals surface area (Å²) < 4.78 is 6.78. The highest BCUT2D eigenvalue weighted by molar-refractivity contribution is 8.03. The summed E-state index contributed by atoms with van der Waals surface area (Å²) in [6.07, 6.45) is 0. The van der Waals surface area contributed by atoms with Crippen LogP contribution in [0, 0.1) is 0 Å². The molecule has 128 valence electrons. The molecular weight excluding hydrogens is 368 g/mol. The second-order valence-electron chi connectivity index (χ2n) is 4.35. The van der Waals surface area contributed by atoms with Crippen molar-refractivity contribution in [2.75, 3.05) is 23.4 Å². The molecule has 0 aliphatic rings. The Labute approximate surface area is 151 Å². The predicted molar refractivity (Wildman–Crippen MR) is 96.8 cm³/mol. The molecule has 7 nitrogen and oxygen atoms in total. The summed E-state index contributed by atoms with van der Waals surface area (Å²) in [5.74, 6) is 0.439. The lowest BCUT2D eigenvalue weighted by Crippen LogP contribution is -2.14. The maximum absolute atomic E-state index is 12.1. The molecular formula is C14H16N4O3S3. The van der Waals surface area contributed by atoms with E-state index in [1.807, 2.05) is 19.1 Å². The van der Waals surface area contributed by atoms with Gasteiger partial charge in [-0.2, -0.15) is 0 Å². The summed E-state index contributed by atoms with van der Waals surface area (Å²) in [5, 5.41) is 10.7. The van der Waals surface area contributed by atoms with Crippen molar-refractivity contribution in [3.63, 3.8) is 0 Å². The van der Waals surface area contributed by atoms with Gasteiger partial charge in [-0.25, -0.2) is 0 Å². The Morgan fingerprint density at radius 1 is 1.21 bits per heavy atom. The molecule has 0 saturated carbocycles.